The summed E-state index contributed by atoms with van der Waals surface area (Å²) in [4.78, 5) is 23.3. The van der Waals surface area contributed by atoms with Crippen molar-refractivity contribution in [2.75, 3.05) is 13.2 Å². The number of hydrogen-bond donors (Lipinski definition) is 2. The number of carbonyl (C=O) groups excluding carboxylic acids is 1. The quantitative estimate of drug-likeness (QED) is 0.720. The van der Waals surface area contributed by atoms with Crippen molar-refractivity contribution in [1.82, 2.24) is 5.32 Å². The maximum atomic E-state index is 12.6. The van der Waals surface area contributed by atoms with Crippen molar-refractivity contribution in [3.8, 4) is 0 Å². The normalized spacial score (nSPS) is 16.6. The van der Waals surface area contributed by atoms with Gasteiger partial charge in [-0.15, -0.1) is 0 Å². The molecule has 1 aliphatic rings. The van der Waals surface area contributed by atoms with E-state index in [4.69, 9.17) is 14.3 Å². The molecule has 0 atom stereocenters. The van der Waals surface area contributed by atoms with Crippen LogP contribution in [0.15, 0.2) is 16.5 Å². The van der Waals surface area contributed by atoms with Crippen LogP contribution >= 0.6 is 0 Å². The van der Waals surface area contributed by atoms with E-state index >= 15 is 0 Å². The number of carbonyl (C=O) groups is 2. The second-order valence-corrected chi connectivity index (χ2v) is 5.69. The number of carboxylic acids is 1. The van der Waals surface area contributed by atoms with Gasteiger partial charge in [0.15, 0.2) is 0 Å². The molecule has 2 rings (SSSR count). The van der Waals surface area contributed by atoms with Crippen LogP contribution in [0.2, 0.25) is 0 Å². The van der Waals surface area contributed by atoms with E-state index in [9.17, 15) is 9.59 Å². The number of rotatable bonds is 8. The molecule has 0 aromatic carbocycles. The lowest BCUT2D eigenvalue weighted by molar-refractivity contribution is -0.132. The highest BCUT2D eigenvalue weighted by Gasteiger charge is 2.40. The second-order valence-electron chi connectivity index (χ2n) is 5.69. The number of aromatic carboxylic acids is 1. The third-order valence-electron chi connectivity index (χ3n) is 4.27. The van der Waals surface area contributed by atoms with Crippen molar-refractivity contribution < 1.29 is 23.8 Å². The summed E-state index contributed by atoms with van der Waals surface area (Å²) in [6, 6.07) is 2.97. The Morgan fingerprint density at radius 2 is 2.09 bits per heavy atom. The fraction of sp³-hybridized carbons (Fsp3) is 0.625. The SMILES string of the molecule is CCOCCC1(C(=O)NCc2ccc(C(=O)O)o2)CCCC1. The van der Waals surface area contributed by atoms with Gasteiger partial charge in [0.25, 0.3) is 0 Å². The van der Waals surface area contributed by atoms with Gasteiger partial charge in [-0.2, -0.15) is 0 Å². The smallest absolute Gasteiger partial charge is 0.371 e. The standard InChI is InChI=1S/C16H23NO5/c1-2-21-10-9-16(7-3-4-8-16)15(20)17-11-12-5-6-13(22-12)14(18)19/h5-6H,2-4,7-11H2,1H3,(H,17,20)(H,18,19). The average Bonchev–Trinajstić information content (AvgIpc) is 3.15. The molecular formula is C16H23NO5. The molecule has 1 fully saturated rings. The van der Waals surface area contributed by atoms with Gasteiger partial charge in [0.05, 0.1) is 12.0 Å². The largest absolute Gasteiger partial charge is 0.475 e. The molecule has 0 spiro atoms. The zero-order valence-electron chi connectivity index (χ0n) is 12.9. The van der Waals surface area contributed by atoms with E-state index in [0.717, 1.165) is 32.1 Å². The molecule has 6 heteroatoms. The van der Waals surface area contributed by atoms with Gasteiger partial charge in [-0.25, -0.2) is 4.79 Å². The fourth-order valence-corrected chi connectivity index (χ4v) is 3.00. The van der Waals surface area contributed by atoms with Gasteiger partial charge in [-0.3, -0.25) is 4.79 Å². The molecule has 1 aromatic rings. The summed E-state index contributed by atoms with van der Waals surface area (Å²) in [7, 11) is 0. The van der Waals surface area contributed by atoms with Gasteiger partial charge in [-0.05, 0) is 38.3 Å². The summed E-state index contributed by atoms with van der Waals surface area (Å²) in [5.74, 6) is -0.764. The van der Waals surface area contributed by atoms with E-state index in [-0.39, 0.29) is 23.6 Å². The van der Waals surface area contributed by atoms with Crippen molar-refractivity contribution in [1.29, 1.82) is 0 Å². The van der Waals surface area contributed by atoms with Crippen LogP contribution in [0.1, 0.15) is 55.3 Å². The Hall–Kier alpha value is -1.82. The summed E-state index contributed by atoms with van der Waals surface area (Å²) in [6.45, 7) is 3.40. The van der Waals surface area contributed by atoms with Gasteiger partial charge < -0.3 is 19.6 Å². The van der Waals surface area contributed by atoms with Gasteiger partial charge in [0.2, 0.25) is 11.7 Å². The molecule has 0 bridgehead atoms. The molecule has 1 aromatic heterocycles. The van der Waals surface area contributed by atoms with E-state index in [1.165, 1.54) is 6.07 Å². The van der Waals surface area contributed by atoms with E-state index < -0.39 is 5.97 Å². The summed E-state index contributed by atoms with van der Waals surface area (Å²) < 4.78 is 10.5. The predicted molar refractivity (Wildman–Crippen MR) is 79.5 cm³/mol. The van der Waals surface area contributed by atoms with Crippen LogP contribution in [0.5, 0.6) is 0 Å². The van der Waals surface area contributed by atoms with Crippen LogP contribution in [0.25, 0.3) is 0 Å². The molecule has 0 radical (unpaired) electrons. The van der Waals surface area contributed by atoms with Crippen molar-refractivity contribution in [3.63, 3.8) is 0 Å². The maximum Gasteiger partial charge on any atom is 0.371 e. The zero-order chi connectivity index (χ0) is 16.0. The molecule has 0 saturated heterocycles. The highest BCUT2D eigenvalue weighted by molar-refractivity contribution is 5.84. The predicted octanol–water partition coefficient (Wildman–Crippen LogP) is 2.58. The van der Waals surface area contributed by atoms with Gasteiger partial charge in [-0.1, -0.05) is 12.8 Å². The van der Waals surface area contributed by atoms with Crippen molar-refractivity contribution >= 4 is 11.9 Å². The molecule has 1 saturated carbocycles. The van der Waals surface area contributed by atoms with Crippen molar-refractivity contribution in [3.05, 3.63) is 23.7 Å². The number of ether oxygens (including phenoxy) is 1. The van der Waals surface area contributed by atoms with Crippen LogP contribution in [0, 0.1) is 5.41 Å². The molecule has 2 N–H and O–H groups in total. The molecule has 1 heterocycles. The first-order valence-electron chi connectivity index (χ1n) is 7.75. The number of hydrogen-bond acceptors (Lipinski definition) is 4. The third kappa shape index (κ3) is 3.88. The lowest BCUT2D eigenvalue weighted by Crippen LogP contribution is -2.39. The highest BCUT2D eigenvalue weighted by Crippen LogP contribution is 2.41. The fourth-order valence-electron chi connectivity index (χ4n) is 3.00. The molecule has 0 aliphatic heterocycles. The summed E-state index contributed by atoms with van der Waals surface area (Å²) in [5.41, 5.74) is -0.350. The Bertz CT molecular complexity index is 516. The Morgan fingerprint density at radius 3 is 2.68 bits per heavy atom. The third-order valence-corrected chi connectivity index (χ3v) is 4.27. The van der Waals surface area contributed by atoms with Crippen LogP contribution < -0.4 is 5.32 Å². The second kappa shape index (κ2) is 7.45. The summed E-state index contributed by atoms with van der Waals surface area (Å²) in [6.07, 6.45) is 4.60. The van der Waals surface area contributed by atoms with Crippen LogP contribution in [0.3, 0.4) is 0 Å². The van der Waals surface area contributed by atoms with Crippen molar-refractivity contribution in [2.24, 2.45) is 5.41 Å². The Kier molecular flexibility index (Phi) is 5.60. The van der Waals surface area contributed by atoms with E-state index in [1.807, 2.05) is 6.92 Å². The molecule has 1 aliphatic carbocycles. The molecule has 0 unspecified atom stereocenters. The van der Waals surface area contributed by atoms with Crippen LogP contribution in [-0.2, 0) is 16.1 Å². The molecule has 6 nitrogen and oxygen atoms in total. The van der Waals surface area contributed by atoms with Crippen molar-refractivity contribution in [2.45, 2.75) is 45.6 Å². The minimum absolute atomic E-state index is 0.0120. The molecule has 1 amide bonds. The number of furan rings is 1. The van der Waals surface area contributed by atoms with Gasteiger partial charge in [0.1, 0.15) is 5.76 Å². The highest BCUT2D eigenvalue weighted by atomic mass is 16.5. The summed E-state index contributed by atoms with van der Waals surface area (Å²) >= 11 is 0. The first-order chi connectivity index (χ1) is 10.6. The first-order valence-corrected chi connectivity index (χ1v) is 7.75. The Balaban J connectivity index is 1.91. The van der Waals surface area contributed by atoms with Gasteiger partial charge >= 0.3 is 5.97 Å². The lowest BCUT2D eigenvalue weighted by Gasteiger charge is -2.27. The van der Waals surface area contributed by atoms with Gasteiger partial charge in [0, 0.05) is 13.2 Å². The minimum atomic E-state index is -1.11. The zero-order valence-corrected chi connectivity index (χ0v) is 12.9. The molecule has 22 heavy (non-hydrogen) atoms. The van der Waals surface area contributed by atoms with Crippen LogP contribution in [0.4, 0.5) is 0 Å². The average molecular weight is 309 g/mol. The number of amides is 1. The Morgan fingerprint density at radius 1 is 1.36 bits per heavy atom. The Labute approximate surface area is 129 Å². The van der Waals surface area contributed by atoms with Crippen LogP contribution in [-0.4, -0.2) is 30.2 Å². The van der Waals surface area contributed by atoms with E-state index in [2.05, 4.69) is 5.32 Å². The number of carboxylic acid groups (broad SMARTS) is 1. The maximum absolute atomic E-state index is 12.6. The van der Waals surface area contributed by atoms with E-state index in [0.29, 0.717) is 19.0 Å². The number of nitrogens with one attached hydrogen (secondary N) is 1. The minimum Gasteiger partial charge on any atom is -0.475 e. The monoisotopic (exact) mass is 309 g/mol. The first kappa shape index (κ1) is 16.5. The van der Waals surface area contributed by atoms with E-state index in [1.54, 1.807) is 6.07 Å². The summed E-state index contributed by atoms with van der Waals surface area (Å²) in [5, 5.41) is 11.7. The lowest BCUT2D eigenvalue weighted by atomic mass is 9.82. The molecular weight excluding hydrogens is 286 g/mol. The molecule has 122 valence electrons. The topological polar surface area (TPSA) is 88.8 Å².